The summed E-state index contributed by atoms with van der Waals surface area (Å²) in [6, 6.07) is 12.3. The number of amides is 1. The van der Waals surface area contributed by atoms with Crippen molar-refractivity contribution < 1.29 is 59.5 Å². The first-order valence-corrected chi connectivity index (χ1v) is 22.4. The molecular weight excluding hydrogens is 839 g/mol. The monoisotopic (exact) mass is 895 g/mol. The van der Waals surface area contributed by atoms with E-state index >= 15 is 0 Å². The van der Waals surface area contributed by atoms with Crippen LogP contribution in [0.1, 0.15) is 75.0 Å². The second-order valence-electron chi connectivity index (χ2n) is 18.6. The van der Waals surface area contributed by atoms with Gasteiger partial charge in [-0.2, -0.15) is 0 Å². The number of hydrogen-bond donors (Lipinski definition) is 9. The standard InChI is InChI=1S/C49H57N3O13/c1-4-36-32-12-16-50-35(32)23-52(36)41-43-28(18-34-38(56)17-26(2)63-44(34)41)19-40(47(3,64-43)15-11-29-22-51-46(60)48(29)13-5-6-14-48)65-62-25-49(61,45(59)42(58)39(57)24-53)21-27-7-10-37(55)31-9-8-30(54)20-33(27)31/h7-10,12,16-18,20,23,29,39-40,42,45,50,53-55,57-59,61H,4-6,11,13-15,19,21-22,24-25H2,1-3H3,(H,51,60). The van der Waals surface area contributed by atoms with Gasteiger partial charge >= 0.3 is 0 Å². The van der Waals surface area contributed by atoms with Crippen molar-refractivity contribution in [2.24, 2.45) is 11.3 Å². The van der Waals surface area contributed by atoms with Crippen LogP contribution in [0.25, 0.3) is 38.3 Å². The zero-order valence-corrected chi connectivity index (χ0v) is 36.7. The number of aromatic amines is 1. The van der Waals surface area contributed by atoms with Crippen molar-refractivity contribution in [2.45, 2.75) is 114 Å². The van der Waals surface area contributed by atoms with Gasteiger partial charge in [0.25, 0.3) is 0 Å². The summed E-state index contributed by atoms with van der Waals surface area (Å²) in [5.74, 6) is 0.786. The van der Waals surface area contributed by atoms with Crippen molar-refractivity contribution in [3.63, 3.8) is 0 Å². The molecule has 1 spiro atoms. The topological polar surface area (TPSA) is 249 Å². The Labute approximate surface area is 373 Å². The molecule has 6 aromatic rings. The molecule has 2 aliphatic heterocycles. The number of fused-ring (bicyclic) bond motifs is 4. The van der Waals surface area contributed by atoms with Crippen molar-refractivity contribution in [1.29, 1.82) is 0 Å². The van der Waals surface area contributed by atoms with Gasteiger partial charge in [-0.1, -0.05) is 25.8 Å². The first-order valence-electron chi connectivity index (χ1n) is 22.4. The molecule has 1 saturated heterocycles. The largest absolute Gasteiger partial charge is 0.508 e. The van der Waals surface area contributed by atoms with Crippen LogP contribution in [0.3, 0.4) is 0 Å². The normalized spacial score (nSPS) is 22.9. The van der Waals surface area contributed by atoms with Crippen LogP contribution in [0, 0.1) is 18.3 Å². The Morgan fingerprint density at radius 3 is 2.54 bits per heavy atom. The quantitative estimate of drug-likeness (QED) is 0.0504. The van der Waals surface area contributed by atoms with Gasteiger partial charge in [0.05, 0.1) is 22.9 Å². The molecule has 7 atom stereocenters. The fourth-order valence-electron chi connectivity index (χ4n) is 10.8. The van der Waals surface area contributed by atoms with Crippen LogP contribution >= 0.6 is 0 Å². The molecule has 3 aromatic carbocycles. The van der Waals surface area contributed by atoms with Gasteiger partial charge in [-0.05, 0) is 99.2 Å². The summed E-state index contributed by atoms with van der Waals surface area (Å²) in [5, 5.41) is 81.0. The number of aliphatic hydroxyl groups excluding tert-OH is 4. The van der Waals surface area contributed by atoms with Crippen LogP contribution < -0.4 is 15.5 Å². The SMILES string of the molecule is CCc1c2cc[nH]c2cn1-c1c2c(cc3c(=O)cc(C)oc13)CC(OOCC(O)(Cc1ccc(O)c3ccc(O)cc13)C(O)C(O)C(O)CO)C(C)(CCC1CNC(=O)C13CCCC3)O2. The maximum atomic E-state index is 13.8. The van der Waals surface area contributed by atoms with Crippen LogP contribution in [-0.4, -0.2) is 107 Å². The Kier molecular flexibility index (Phi) is 11.8. The van der Waals surface area contributed by atoms with Crippen LogP contribution in [-0.2, 0) is 33.8 Å². The number of nitrogens with zero attached hydrogens (tertiary/aromatic N) is 1. The molecular formula is C49H57N3O13. The van der Waals surface area contributed by atoms with E-state index in [0.717, 1.165) is 42.3 Å². The highest BCUT2D eigenvalue weighted by molar-refractivity contribution is 5.93. The summed E-state index contributed by atoms with van der Waals surface area (Å²) < 4.78 is 15.6. The summed E-state index contributed by atoms with van der Waals surface area (Å²) >= 11 is 0. The van der Waals surface area contributed by atoms with E-state index < -0.39 is 60.7 Å². The van der Waals surface area contributed by atoms with Crippen molar-refractivity contribution in [1.82, 2.24) is 14.9 Å². The molecule has 5 heterocycles. The number of phenols is 2. The van der Waals surface area contributed by atoms with E-state index in [-0.39, 0.29) is 35.2 Å². The summed E-state index contributed by atoms with van der Waals surface area (Å²) in [4.78, 5) is 42.7. The van der Waals surface area contributed by atoms with E-state index in [0.29, 0.717) is 75.9 Å². The first-order chi connectivity index (χ1) is 31.1. The molecule has 3 aliphatic rings. The molecule has 16 heteroatoms. The number of aromatic nitrogens is 2. The molecule has 346 valence electrons. The zero-order chi connectivity index (χ0) is 46.0. The van der Waals surface area contributed by atoms with Gasteiger partial charge < -0.3 is 59.8 Å². The summed E-state index contributed by atoms with van der Waals surface area (Å²) in [5.41, 5.74) is -0.590. The minimum Gasteiger partial charge on any atom is -0.508 e. The molecule has 9 rings (SSSR count). The average Bonchev–Trinajstić information content (AvgIpc) is 4.09. The number of nitrogens with one attached hydrogen (secondary N) is 2. The van der Waals surface area contributed by atoms with Gasteiger partial charge in [-0.25, -0.2) is 9.78 Å². The van der Waals surface area contributed by atoms with Crippen molar-refractivity contribution in [3.05, 3.63) is 93.7 Å². The van der Waals surface area contributed by atoms with Crippen LogP contribution in [0.5, 0.6) is 17.2 Å². The molecule has 2 fully saturated rings. The number of carbonyl (C=O) groups excluding carboxylic acids is 1. The van der Waals surface area contributed by atoms with E-state index in [1.165, 1.54) is 36.4 Å². The maximum Gasteiger partial charge on any atom is 0.226 e. The highest BCUT2D eigenvalue weighted by atomic mass is 17.2. The van der Waals surface area contributed by atoms with Crippen LogP contribution in [0.15, 0.2) is 70.1 Å². The number of ether oxygens (including phenoxy) is 1. The second-order valence-corrected chi connectivity index (χ2v) is 18.6. The van der Waals surface area contributed by atoms with E-state index in [1.54, 1.807) is 13.0 Å². The lowest BCUT2D eigenvalue weighted by atomic mass is 9.72. The molecule has 9 N–H and O–H groups in total. The number of hydrogen-bond acceptors (Lipinski definition) is 13. The van der Waals surface area contributed by atoms with E-state index in [9.17, 15) is 45.3 Å². The number of rotatable bonds is 15. The summed E-state index contributed by atoms with van der Waals surface area (Å²) in [6.07, 6.45) is 1.79. The van der Waals surface area contributed by atoms with Gasteiger partial charge in [0, 0.05) is 59.9 Å². The number of H-pyrrole nitrogens is 1. The molecule has 16 nitrogen and oxygen atoms in total. The maximum absolute atomic E-state index is 13.8. The molecule has 0 radical (unpaired) electrons. The van der Waals surface area contributed by atoms with Gasteiger partial charge in [-0.3, -0.25) is 9.59 Å². The Hall–Kier alpha value is -5.46. The molecule has 1 amide bonds. The summed E-state index contributed by atoms with van der Waals surface area (Å²) in [7, 11) is 0. The molecule has 0 bridgehead atoms. The number of aromatic hydroxyl groups is 2. The molecule has 1 aliphatic carbocycles. The third kappa shape index (κ3) is 7.74. The fraction of sp³-hybridized carbons (Fsp3) is 0.469. The smallest absolute Gasteiger partial charge is 0.226 e. The molecule has 65 heavy (non-hydrogen) atoms. The second kappa shape index (κ2) is 17.1. The number of carbonyl (C=O) groups is 1. The lowest BCUT2D eigenvalue weighted by Gasteiger charge is -2.43. The zero-order valence-electron chi connectivity index (χ0n) is 36.7. The van der Waals surface area contributed by atoms with Crippen LogP contribution in [0.2, 0.25) is 0 Å². The predicted octanol–water partition coefficient (Wildman–Crippen LogP) is 4.65. The Morgan fingerprint density at radius 1 is 1.00 bits per heavy atom. The van der Waals surface area contributed by atoms with Gasteiger partial charge in [0.15, 0.2) is 16.8 Å². The van der Waals surface area contributed by atoms with Gasteiger partial charge in [0.1, 0.15) is 65.2 Å². The number of phenolic OH excluding ortho intramolecular Hbond substituents is 2. The van der Waals surface area contributed by atoms with E-state index in [1.807, 2.05) is 30.0 Å². The van der Waals surface area contributed by atoms with Crippen LogP contribution in [0.4, 0.5) is 0 Å². The predicted molar refractivity (Wildman–Crippen MR) is 239 cm³/mol. The fourth-order valence-corrected chi connectivity index (χ4v) is 10.8. The highest BCUT2D eigenvalue weighted by Crippen LogP contribution is 2.51. The van der Waals surface area contributed by atoms with E-state index in [2.05, 4.69) is 17.2 Å². The average molecular weight is 896 g/mol. The highest BCUT2D eigenvalue weighted by Gasteiger charge is 2.53. The first kappa shape index (κ1) is 44.7. The number of aryl methyl sites for hydroxylation is 2. The summed E-state index contributed by atoms with van der Waals surface area (Å²) in [6.45, 7) is 4.50. The Morgan fingerprint density at radius 2 is 1.78 bits per heavy atom. The number of benzene rings is 3. The number of aliphatic hydroxyl groups is 5. The Bertz CT molecular complexity index is 2830. The van der Waals surface area contributed by atoms with Gasteiger partial charge in [-0.15, -0.1) is 0 Å². The minimum absolute atomic E-state index is 0.0221. The van der Waals surface area contributed by atoms with E-state index in [4.69, 9.17) is 18.9 Å². The third-order valence-electron chi connectivity index (χ3n) is 14.5. The lowest BCUT2D eigenvalue weighted by molar-refractivity contribution is -0.371. The lowest BCUT2D eigenvalue weighted by Crippen LogP contribution is -2.58. The third-order valence-corrected chi connectivity index (χ3v) is 14.5. The van der Waals surface area contributed by atoms with Crippen molar-refractivity contribution >= 4 is 38.6 Å². The molecule has 3 aromatic heterocycles. The molecule has 1 saturated carbocycles. The molecule has 7 unspecified atom stereocenters. The van der Waals surface area contributed by atoms with Crippen molar-refractivity contribution in [2.75, 3.05) is 19.8 Å². The Balaban J connectivity index is 1.11. The minimum atomic E-state index is -2.41. The van der Waals surface area contributed by atoms with Crippen molar-refractivity contribution in [3.8, 4) is 22.9 Å². The van der Waals surface area contributed by atoms with Gasteiger partial charge in [0.2, 0.25) is 5.91 Å².